The van der Waals surface area contributed by atoms with Gasteiger partial charge in [0.1, 0.15) is 23.9 Å². The number of aliphatic carboxylic acids is 3. The SMILES string of the molecule is NC(Cc1ccc(O)c(I)c1)C(=O)O.NC(Cc1cccc2ccccc12)C(=O)O.NC(Cc1csc2ccccc12)C(=O)O. The van der Waals surface area contributed by atoms with E-state index in [2.05, 4.69) is 0 Å². The third kappa shape index (κ3) is 10.5. The van der Waals surface area contributed by atoms with E-state index in [4.69, 9.17) is 32.5 Å². The van der Waals surface area contributed by atoms with Crippen LogP contribution in [-0.2, 0) is 33.6 Å². The zero-order valence-electron chi connectivity index (χ0n) is 24.0. The second-order valence-electron chi connectivity index (χ2n) is 10.1. The summed E-state index contributed by atoms with van der Waals surface area (Å²) in [5, 5.41) is 40.6. The molecule has 0 spiro atoms. The van der Waals surface area contributed by atoms with Crippen LogP contribution in [0.3, 0.4) is 0 Å². The maximum absolute atomic E-state index is 10.7. The van der Waals surface area contributed by atoms with Crippen molar-refractivity contribution in [2.45, 2.75) is 37.4 Å². The van der Waals surface area contributed by atoms with Crippen molar-refractivity contribution in [3.05, 3.63) is 111 Å². The largest absolute Gasteiger partial charge is 0.507 e. The van der Waals surface area contributed by atoms with Crippen molar-refractivity contribution < 1.29 is 34.8 Å². The standard InChI is InChI=1S/C13H13NO2.C11H11NO2S.C9H10INO3/c14-12(13(15)16)8-10-6-3-5-9-4-1-2-7-11(9)10;12-9(11(13)14)5-7-6-15-10-4-2-1-3-8(7)10;10-6-3-5(1-2-8(6)12)4-7(11)9(13)14/h1-7,12H,8,14H2,(H,15,16);1-4,6,9H,5,12H2,(H,13,14);1-3,7,12H,4,11H2,(H,13,14). The van der Waals surface area contributed by atoms with Crippen LogP contribution < -0.4 is 17.2 Å². The normalized spacial score (nSPS) is 12.6. The van der Waals surface area contributed by atoms with Gasteiger partial charge in [0, 0.05) is 4.70 Å². The average Bonchev–Trinajstić information content (AvgIpc) is 3.42. The second kappa shape index (κ2) is 16.8. The summed E-state index contributed by atoms with van der Waals surface area (Å²) in [6, 6.07) is 24.1. The molecular weight excluding hydrogens is 709 g/mol. The highest BCUT2D eigenvalue weighted by Crippen LogP contribution is 2.26. The van der Waals surface area contributed by atoms with Crippen LogP contribution in [0.2, 0.25) is 0 Å². The van der Waals surface area contributed by atoms with Gasteiger partial charge in [-0.1, -0.05) is 66.7 Å². The molecule has 1 heterocycles. The van der Waals surface area contributed by atoms with Crippen molar-refractivity contribution in [1.82, 2.24) is 0 Å². The summed E-state index contributed by atoms with van der Waals surface area (Å²) in [5.41, 5.74) is 19.2. The van der Waals surface area contributed by atoms with Gasteiger partial charge in [-0.25, -0.2) is 0 Å². The van der Waals surface area contributed by atoms with Crippen LogP contribution in [0.5, 0.6) is 5.75 Å². The van der Waals surface area contributed by atoms with Crippen LogP contribution in [0.15, 0.2) is 90.3 Å². The minimum Gasteiger partial charge on any atom is -0.507 e. The second-order valence-corrected chi connectivity index (χ2v) is 12.2. The number of nitrogens with two attached hydrogens (primary N) is 3. The number of carbonyl (C=O) groups is 3. The summed E-state index contributed by atoms with van der Waals surface area (Å²) in [5.74, 6) is -2.75. The van der Waals surface area contributed by atoms with Crippen LogP contribution in [0.4, 0.5) is 0 Å². The third-order valence-electron chi connectivity index (χ3n) is 6.74. The summed E-state index contributed by atoms with van der Waals surface area (Å²) in [4.78, 5) is 31.8. The Morgan fingerprint density at radius 1 is 0.667 bits per heavy atom. The maximum Gasteiger partial charge on any atom is 0.320 e. The molecule has 236 valence electrons. The first kappa shape index (κ1) is 35.4. The number of thiophene rings is 1. The molecule has 0 bridgehead atoms. The van der Waals surface area contributed by atoms with Crippen molar-refractivity contribution in [1.29, 1.82) is 0 Å². The van der Waals surface area contributed by atoms with E-state index in [1.54, 1.807) is 23.5 Å². The zero-order valence-corrected chi connectivity index (χ0v) is 27.0. The maximum atomic E-state index is 10.7. The summed E-state index contributed by atoms with van der Waals surface area (Å²) in [7, 11) is 0. The molecule has 3 unspecified atom stereocenters. The minimum absolute atomic E-state index is 0.193. The minimum atomic E-state index is -1.02. The first-order valence-corrected chi connectivity index (χ1v) is 15.7. The average molecular weight is 744 g/mol. The van der Waals surface area contributed by atoms with Gasteiger partial charge in [-0.3, -0.25) is 14.4 Å². The number of aromatic hydroxyl groups is 1. The number of phenolic OH excluding ortho intramolecular Hbond substituents is 1. The Labute approximate surface area is 277 Å². The molecule has 10 nitrogen and oxygen atoms in total. The number of hydrogen-bond donors (Lipinski definition) is 7. The molecule has 0 radical (unpaired) electrons. The lowest BCUT2D eigenvalue weighted by molar-refractivity contribution is -0.139. The molecule has 0 aliphatic heterocycles. The molecule has 0 aliphatic rings. The smallest absolute Gasteiger partial charge is 0.320 e. The molecule has 0 aliphatic carbocycles. The number of fused-ring (bicyclic) bond motifs is 2. The lowest BCUT2D eigenvalue weighted by Gasteiger charge is -2.09. The fourth-order valence-corrected chi connectivity index (χ4v) is 5.88. The van der Waals surface area contributed by atoms with E-state index in [9.17, 15) is 19.5 Å². The van der Waals surface area contributed by atoms with Crippen molar-refractivity contribution in [2.24, 2.45) is 17.2 Å². The van der Waals surface area contributed by atoms with Gasteiger partial charge < -0.3 is 37.6 Å². The topological polar surface area (TPSA) is 210 Å². The fraction of sp³-hybridized carbons (Fsp3) is 0.182. The monoisotopic (exact) mass is 743 g/mol. The number of hydrogen-bond acceptors (Lipinski definition) is 8. The van der Waals surface area contributed by atoms with Crippen molar-refractivity contribution in [2.75, 3.05) is 0 Å². The lowest BCUT2D eigenvalue weighted by atomic mass is 9.99. The molecule has 0 fully saturated rings. The molecule has 12 heteroatoms. The van der Waals surface area contributed by atoms with E-state index in [0.29, 0.717) is 16.4 Å². The van der Waals surface area contributed by atoms with E-state index in [1.807, 2.05) is 94.7 Å². The number of carboxylic acid groups (broad SMARTS) is 3. The Balaban J connectivity index is 0.000000185. The molecule has 45 heavy (non-hydrogen) atoms. The van der Waals surface area contributed by atoms with E-state index in [0.717, 1.165) is 32.8 Å². The van der Waals surface area contributed by atoms with Gasteiger partial charge in [-0.15, -0.1) is 11.3 Å². The number of carboxylic acids is 3. The van der Waals surface area contributed by atoms with Crippen LogP contribution in [-0.4, -0.2) is 56.5 Å². The van der Waals surface area contributed by atoms with Crippen LogP contribution >= 0.6 is 33.9 Å². The van der Waals surface area contributed by atoms with Crippen molar-refractivity contribution >= 4 is 72.7 Å². The number of halogens is 1. The predicted octanol–water partition coefficient (Wildman–Crippen LogP) is 4.60. The summed E-state index contributed by atoms with van der Waals surface area (Å²) < 4.78 is 1.86. The Hall–Kier alpha value is -4.08. The number of phenols is 1. The van der Waals surface area contributed by atoms with Crippen LogP contribution in [0.25, 0.3) is 20.9 Å². The van der Waals surface area contributed by atoms with Crippen LogP contribution in [0.1, 0.15) is 16.7 Å². The zero-order chi connectivity index (χ0) is 33.1. The molecule has 0 saturated heterocycles. The lowest BCUT2D eigenvalue weighted by Crippen LogP contribution is -2.32. The van der Waals surface area contributed by atoms with E-state index in [1.165, 1.54) is 10.8 Å². The van der Waals surface area contributed by atoms with Gasteiger partial charge >= 0.3 is 17.9 Å². The van der Waals surface area contributed by atoms with Gasteiger partial charge in [-0.2, -0.15) is 0 Å². The van der Waals surface area contributed by atoms with Crippen molar-refractivity contribution in [3.8, 4) is 5.75 Å². The first-order valence-electron chi connectivity index (χ1n) is 13.7. The Morgan fingerprint density at radius 3 is 1.82 bits per heavy atom. The molecule has 5 rings (SSSR count). The van der Waals surface area contributed by atoms with E-state index >= 15 is 0 Å². The molecule has 10 N–H and O–H groups in total. The summed E-state index contributed by atoms with van der Waals surface area (Å²) >= 11 is 3.59. The fourth-order valence-electron chi connectivity index (χ4n) is 4.33. The Bertz CT molecular complexity index is 1770. The molecule has 0 saturated carbocycles. The van der Waals surface area contributed by atoms with Gasteiger partial charge in [-0.05, 0) is 98.3 Å². The van der Waals surface area contributed by atoms with Gasteiger partial charge in [0.2, 0.25) is 0 Å². The number of benzene rings is 4. The molecule has 1 aromatic heterocycles. The highest BCUT2D eigenvalue weighted by molar-refractivity contribution is 14.1. The first-order chi connectivity index (χ1) is 21.4. The molecular formula is C33H34IN3O7S. The highest BCUT2D eigenvalue weighted by Gasteiger charge is 2.15. The number of rotatable bonds is 9. The van der Waals surface area contributed by atoms with Gasteiger partial charge in [0.15, 0.2) is 0 Å². The van der Waals surface area contributed by atoms with Gasteiger partial charge in [0.25, 0.3) is 0 Å². The molecule has 4 aromatic carbocycles. The Kier molecular flexibility index (Phi) is 13.2. The highest BCUT2D eigenvalue weighted by atomic mass is 127. The summed E-state index contributed by atoms with van der Waals surface area (Å²) in [6.45, 7) is 0. The van der Waals surface area contributed by atoms with Crippen molar-refractivity contribution in [3.63, 3.8) is 0 Å². The Morgan fingerprint density at radius 2 is 1.20 bits per heavy atom. The summed E-state index contributed by atoms with van der Waals surface area (Å²) in [6.07, 6.45) is 1.02. The van der Waals surface area contributed by atoms with E-state index in [-0.39, 0.29) is 12.2 Å². The third-order valence-corrected chi connectivity index (χ3v) is 8.62. The molecule has 0 amide bonds. The molecule has 5 aromatic rings. The quantitative estimate of drug-likeness (QED) is 0.104. The van der Waals surface area contributed by atoms with Gasteiger partial charge in [0.05, 0.1) is 3.57 Å². The van der Waals surface area contributed by atoms with Crippen LogP contribution in [0, 0.1) is 3.57 Å². The predicted molar refractivity (Wildman–Crippen MR) is 185 cm³/mol. The van der Waals surface area contributed by atoms with E-state index < -0.39 is 36.0 Å². The molecule has 3 atom stereocenters.